The fourth-order valence-electron chi connectivity index (χ4n) is 6.12. The second-order valence-corrected chi connectivity index (χ2v) is 12.9. The molecule has 49 heavy (non-hydrogen) atoms. The summed E-state index contributed by atoms with van der Waals surface area (Å²) in [5.74, 6) is -6.84. The van der Waals surface area contributed by atoms with Gasteiger partial charge < -0.3 is 20.7 Å². The van der Waals surface area contributed by atoms with Gasteiger partial charge in [0.15, 0.2) is 5.78 Å². The minimum absolute atomic E-state index is 0.0161. The number of hydrogen-bond acceptors (Lipinski definition) is 6. The lowest BCUT2D eigenvalue weighted by Crippen LogP contribution is -2.53. The first-order chi connectivity index (χ1) is 23.3. The van der Waals surface area contributed by atoms with Crippen molar-refractivity contribution in [3.63, 3.8) is 0 Å². The molecule has 0 bridgehead atoms. The number of piperidine rings is 1. The quantitative estimate of drug-likeness (QED) is 0.185. The first kappa shape index (κ1) is 37.1. The highest BCUT2D eigenvalue weighted by atomic mass is 19.4. The summed E-state index contributed by atoms with van der Waals surface area (Å²) in [5, 5.41) is 9.62. The average molecular weight is 682 g/mol. The number of fused-ring (bicyclic) bond motifs is 1. The van der Waals surface area contributed by atoms with E-state index in [1.165, 1.54) is 0 Å². The van der Waals surface area contributed by atoms with Crippen molar-refractivity contribution in [1.82, 2.24) is 16.0 Å². The van der Waals surface area contributed by atoms with Crippen LogP contribution in [0.2, 0.25) is 0 Å². The van der Waals surface area contributed by atoms with Crippen LogP contribution in [0.1, 0.15) is 57.1 Å². The van der Waals surface area contributed by atoms with Crippen LogP contribution in [0.3, 0.4) is 0 Å². The summed E-state index contributed by atoms with van der Waals surface area (Å²) >= 11 is 0. The summed E-state index contributed by atoms with van der Waals surface area (Å²) in [5.41, 5.74) is 1.46. The van der Waals surface area contributed by atoms with Gasteiger partial charge in [-0.15, -0.1) is 0 Å². The number of halogens is 3. The highest BCUT2D eigenvalue weighted by Gasteiger charge is 2.46. The van der Waals surface area contributed by atoms with E-state index >= 15 is 0 Å². The minimum atomic E-state index is -5.21. The van der Waals surface area contributed by atoms with Gasteiger partial charge in [-0.25, -0.2) is 4.79 Å². The number of alkyl carbamates (subject to hydrolysis) is 1. The first-order valence-corrected chi connectivity index (χ1v) is 16.5. The van der Waals surface area contributed by atoms with Crippen LogP contribution in [0.25, 0.3) is 10.8 Å². The summed E-state index contributed by atoms with van der Waals surface area (Å²) in [6.07, 6.45) is -6.39. The van der Waals surface area contributed by atoms with Crippen molar-refractivity contribution in [3.05, 3.63) is 83.9 Å². The highest BCUT2D eigenvalue weighted by Crippen LogP contribution is 2.31. The summed E-state index contributed by atoms with van der Waals surface area (Å²) in [6.45, 7) is 3.90. The van der Waals surface area contributed by atoms with Gasteiger partial charge in [0.25, 0.3) is 0 Å². The van der Waals surface area contributed by atoms with Crippen LogP contribution in [0.15, 0.2) is 72.8 Å². The number of amides is 3. The van der Waals surface area contributed by atoms with E-state index < -0.39 is 72.4 Å². The summed E-state index contributed by atoms with van der Waals surface area (Å²) < 4.78 is 46.3. The van der Waals surface area contributed by atoms with Gasteiger partial charge in [-0.1, -0.05) is 86.6 Å². The highest BCUT2D eigenvalue weighted by molar-refractivity contribution is 5.96. The maximum Gasteiger partial charge on any atom is 0.450 e. The SMILES string of the molecule is CC(C)C[C@H](NC(=O)C(Cc1cccc2ccccc12)NC(=O)OCc1ccccc1)C(=O)C[C@@H](C[C@@H]1CCCNC1=O)C(=O)C(F)(F)F. The van der Waals surface area contributed by atoms with Crippen LogP contribution in [0.5, 0.6) is 0 Å². The molecular formula is C37H42F3N3O6. The topological polar surface area (TPSA) is 131 Å². The molecule has 3 amide bonds. The van der Waals surface area contributed by atoms with Crippen molar-refractivity contribution in [3.8, 4) is 0 Å². The zero-order chi connectivity index (χ0) is 35.6. The van der Waals surface area contributed by atoms with Crippen LogP contribution in [0.4, 0.5) is 18.0 Å². The molecular weight excluding hydrogens is 639 g/mol. The van der Waals surface area contributed by atoms with E-state index in [9.17, 15) is 37.1 Å². The Balaban J connectivity index is 1.56. The molecule has 3 aromatic rings. The number of nitrogens with one attached hydrogen (secondary N) is 3. The summed E-state index contributed by atoms with van der Waals surface area (Å²) in [4.78, 5) is 65.4. The Kier molecular flexibility index (Phi) is 12.9. The van der Waals surface area contributed by atoms with E-state index in [2.05, 4.69) is 16.0 Å². The lowest BCUT2D eigenvalue weighted by Gasteiger charge is -2.28. The number of ketones is 2. The predicted molar refractivity (Wildman–Crippen MR) is 177 cm³/mol. The second kappa shape index (κ2) is 17.1. The molecule has 0 aliphatic carbocycles. The van der Waals surface area contributed by atoms with Crippen LogP contribution < -0.4 is 16.0 Å². The Labute approximate surface area is 283 Å². The maximum atomic E-state index is 13.9. The lowest BCUT2D eigenvalue weighted by molar-refractivity contribution is -0.177. The van der Waals surface area contributed by atoms with Crippen LogP contribution in [0, 0.1) is 17.8 Å². The zero-order valence-electron chi connectivity index (χ0n) is 27.6. The largest absolute Gasteiger partial charge is 0.450 e. The summed E-state index contributed by atoms with van der Waals surface area (Å²) in [7, 11) is 0. The molecule has 4 rings (SSSR count). The molecule has 1 fully saturated rings. The van der Waals surface area contributed by atoms with E-state index in [4.69, 9.17) is 4.74 Å². The molecule has 1 saturated heterocycles. The van der Waals surface area contributed by atoms with Crippen LogP contribution in [-0.2, 0) is 36.9 Å². The molecule has 0 saturated carbocycles. The Bertz CT molecular complexity index is 1620. The van der Waals surface area contributed by atoms with Gasteiger partial charge in [-0.05, 0) is 53.5 Å². The Morgan fingerprint density at radius 2 is 1.61 bits per heavy atom. The Morgan fingerprint density at radius 1 is 0.918 bits per heavy atom. The Hall–Kier alpha value is -4.74. The number of ether oxygens (including phenoxy) is 1. The van der Waals surface area contributed by atoms with E-state index in [1.54, 1.807) is 38.1 Å². The molecule has 1 heterocycles. The van der Waals surface area contributed by atoms with Gasteiger partial charge in [0.2, 0.25) is 17.6 Å². The monoisotopic (exact) mass is 681 g/mol. The van der Waals surface area contributed by atoms with Crippen molar-refractivity contribution < 1.29 is 41.9 Å². The third-order valence-electron chi connectivity index (χ3n) is 8.60. The molecule has 0 aromatic heterocycles. The number of carbonyl (C=O) groups is 5. The molecule has 12 heteroatoms. The molecule has 262 valence electrons. The van der Waals surface area contributed by atoms with Gasteiger partial charge in [0.05, 0.1) is 6.04 Å². The summed E-state index contributed by atoms with van der Waals surface area (Å²) in [6, 6.07) is 19.5. The molecule has 1 aliphatic rings. The third-order valence-corrected chi connectivity index (χ3v) is 8.60. The number of carbonyl (C=O) groups excluding carboxylic acids is 5. The van der Waals surface area contributed by atoms with E-state index in [-0.39, 0.29) is 25.4 Å². The van der Waals surface area contributed by atoms with Crippen molar-refractivity contribution in [1.29, 1.82) is 0 Å². The number of hydrogen-bond donors (Lipinski definition) is 3. The number of benzene rings is 3. The fourth-order valence-corrected chi connectivity index (χ4v) is 6.12. The van der Waals surface area contributed by atoms with Gasteiger partial charge in [-0.3, -0.25) is 19.2 Å². The van der Waals surface area contributed by atoms with Gasteiger partial charge in [0, 0.05) is 31.2 Å². The van der Waals surface area contributed by atoms with E-state index in [1.807, 2.05) is 48.5 Å². The number of rotatable bonds is 15. The molecule has 3 aromatic carbocycles. The molecule has 4 atom stereocenters. The van der Waals surface area contributed by atoms with Gasteiger partial charge in [0.1, 0.15) is 12.6 Å². The first-order valence-electron chi connectivity index (χ1n) is 16.5. The van der Waals surface area contributed by atoms with Gasteiger partial charge >= 0.3 is 12.3 Å². The molecule has 1 unspecified atom stereocenters. The van der Waals surface area contributed by atoms with Crippen LogP contribution >= 0.6 is 0 Å². The fraction of sp³-hybridized carbons (Fsp3) is 0.432. The molecule has 0 spiro atoms. The van der Waals surface area contributed by atoms with Crippen LogP contribution in [-0.4, -0.2) is 54.3 Å². The van der Waals surface area contributed by atoms with Crippen molar-refractivity contribution in [2.45, 2.75) is 77.2 Å². The Morgan fingerprint density at radius 3 is 2.31 bits per heavy atom. The number of Topliss-reactive ketones (excluding diaryl/α,β-unsaturated/α-hetero) is 2. The predicted octanol–water partition coefficient (Wildman–Crippen LogP) is 5.83. The number of alkyl halides is 3. The van der Waals surface area contributed by atoms with Gasteiger partial charge in [-0.2, -0.15) is 13.2 Å². The lowest BCUT2D eigenvalue weighted by atomic mass is 9.82. The van der Waals surface area contributed by atoms with E-state index in [0.29, 0.717) is 19.4 Å². The molecule has 0 radical (unpaired) electrons. The van der Waals surface area contributed by atoms with Crippen molar-refractivity contribution >= 4 is 40.2 Å². The zero-order valence-corrected chi connectivity index (χ0v) is 27.6. The maximum absolute atomic E-state index is 13.9. The molecule has 3 N–H and O–H groups in total. The van der Waals surface area contributed by atoms with Crippen molar-refractivity contribution in [2.75, 3.05) is 6.54 Å². The molecule has 1 aliphatic heterocycles. The average Bonchev–Trinajstić information content (AvgIpc) is 3.07. The van der Waals surface area contributed by atoms with E-state index in [0.717, 1.165) is 21.9 Å². The second-order valence-electron chi connectivity index (χ2n) is 12.9. The molecule has 9 nitrogen and oxygen atoms in total. The normalized spacial score (nSPS) is 16.7. The standard InChI is InChI=1S/C37H42F3N3O6/c1-23(2)18-30(32(44)21-28(33(45)37(38,39)40)19-27-15-9-17-41-34(27)46)42-35(47)31(43-36(48)49-22-24-10-4-3-5-11-24)20-26-14-8-13-25-12-6-7-16-29(25)26/h3-8,10-14,16,23,27-28,30-31H,9,15,17-22H2,1-2H3,(H,41,46)(H,42,47)(H,43,48)/t27-,28+,30-,31?/m0/s1. The minimum Gasteiger partial charge on any atom is -0.445 e. The smallest absolute Gasteiger partial charge is 0.445 e. The van der Waals surface area contributed by atoms with Crippen molar-refractivity contribution in [2.24, 2.45) is 17.8 Å². The third kappa shape index (κ3) is 10.9.